The Hall–Kier alpha value is -1.90. The molecule has 2 aromatic heterocycles. The van der Waals surface area contributed by atoms with E-state index in [-0.39, 0.29) is 10.6 Å². The maximum Gasteiger partial charge on any atom is 0.287 e. The van der Waals surface area contributed by atoms with Crippen molar-refractivity contribution in [2.45, 2.75) is 42.5 Å². The van der Waals surface area contributed by atoms with Gasteiger partial charge in [-0.25, -0.2) is 4.68 Å². The molecule has 0 aliphatic heterocycles. The average molecular weight is 408 g/mol. The predicted molar refractivity (Wildman–Crippen MR) is 107 cm³/mol. The molecule has 3 rings (SSSR count). The molecule has 0 bridgehead atoms. The van der Waals surface area contributed by atoms with Gasteiger partial charge < -0.3 is 5.32 Å². The SMILES string of the molecule is Cc1ccc(Nc2nnc(Sc3cnn(C(C)(C)C)c(=O)c3Cl)s2)cc1. The van der Waals surface area contributed by atoms with Crippen molar-refractivity contribution in [1.29, 1.82) is 0 Å². The molecule has 26 heavy (non-hydrogen) atoms. The summed E-state index contributed by atoms with van der Waals surface area (Å²) in [6, 6.07) is 8.01. The fourth-order valence-corrected chi connectivity index (χ4v) is 4.08. The zero-order chi connectivity index (χ0) is 18.9. The monoisotopic (exact) mass is 407 g/mol. The summed E-state index contributed by atoms with van der Waals surface area (Å²) in [7, 11) is 0. The van der Waals surface area contributed by atoms with E-state index in [2.05, 4.69) is 20.6 Å². The van der Waals surface area contributed by atoms with E-state index in [9.17, 15) is 4.79 Å². The number of hydrogen-bond acceptors (Lipinski definition) is 7. The average Bonchev–Trinajstić information content (AvgIpc) is 3.00. The quantitative estimate of drug-likeness (QED) is 0.675. The van der Waals surface area contributed by atoms with Gasteiger partial charge in [0, 0.05) is 5.69 Å². The minimum absolute atomic E-state index is 0.142. The first-order chi connectivity index (χ1) is 12.2. The van der Waals surface area contributed by atoms with Gasteiger partial charge >= 0.3 is 0 Å². The molecule has 0 saturated carbocycles. The first-order valence-electron chi connectivity index (χ1n) is 7.87. The van der Waals surface area contributed by atoms with Gasteiger partial charge in [0.05, 0.1) is 16.6 Å². The van der Waals surface area contributed by atoms with Crippen molar-refractivity contribution < 1.29 is 0 Å². The van der Waals surface area contributed by atoms with Crippen LogP contribution in [0.15, 0.2) is 44.5 Å². The summed E-state index contributed by atoms with van der Waals surface area (Å²) >= 11 is 8.92. The van der Waals surface area contributed by atoms with E-state index in [0.717, 1.165) is 5.69 Å². The number of rotatable bonds is 4. The topological polar surface area (TPSA) is 72.7 Å². The van der Waals surface area contributed by atoms with Gasteiger partial charge in [0.25, 0.3) is 5.56 Å². The van der Waals surface area contributed by atoms with Crippen LogP contribution in [0.3, 0.4) is 0 Å². The van der Waals surface area contributed by atoms with E-state index in [1.165, 1.54) is 33.3 Å². The van der Waals surface area contributed by atoms with Crippen LogP contribution in [0.1, 0.15) is 26.3 Å². The summed E-state index contributed by atoms with van der Waals surface area (Å²) in [6.07, 6.45) is 1.59. The van der Waals surface area contributed by atoms with Crippen LogP contribution in [-0.4, -0.2) is 20.0 Å². The molecule has 0 fully saturated rings. The van der Waals surface area contributed by atoms with E-state index in [1.54, 1.807) is 6.20 Å². The molecule has 1 N–H and O–H groups in total. The maximum absolute atomic E-state index is 12.4. The maximum atomic E-state index is 12.4. The van der Waals surface area contributed by atoms with E-state index >= 15 is 0 Å². The summed E-state index contributed by atoms with van der Waals surface area (Å²) in [5.41, 5.74) is 1.39. The number of aryl methyl sites for hydroxylation is 1. The number of nitrogens with zero attached hydrogens (tertiary/aromatic N) is 4. The number of nitrogens with one attached hydrogen (secondary N) is 1. The van der Waals surface area contributed by atoms with Crippen molar-refractivity contribution in [3.63, 3.8) is 0 Å². The van der Waals surface area contributed by atoms with Crippen LogP contribution in [0, 0.1) is 6.92 Å². The number of anilines is 2. The zero-order valence-corrected chi connectivity index (χ0v) is 17.2. The number of halogens is 1. The molecule has 0 saturated heterocycles. The summed E-state index contributed by atoms with van der Waals surface area (Å²) in [5.74, 6) is 0. The Labute approximate surface area is 164 Å². The lowest BCUT2D eigenvalue weighted by molar-refractivity contribution is 0.336. The summed E-state index contributed by atoms with van der Waals surface area (Å²) < 4.78 is 2.06. The van der Waals surface area contributed by atoms with Crippen LogP contribution >= 0.6 is 34.7 Å². The molecule has 136 valence electrons. The van der Waals surface area contributed by atoms with Gasteiger partial charge in [-0.15, -0.1) is 10.2 Å². The van der Waals surface area contributed by atoms with Crippen molar-refractivity contribution in [3.8, 4) is 0 Å². The fourth-order valence-electron chi connectivity index (χ4n) is 2.12. The largest absolute Gasteiger partial charge is 0.330 e. The highest BCUT2D eigenvalue weighted by Crippen LogP contribution is 2.35. The zero-order valence-electron chi connectivity index (χ0n) is 14.8. The van der Waals surface area contributed by atoms with Gasteiger partial charge in [-0.2, -0.15) is 5.10 Å². The van der Waals surface area contributed by atoms with Gasteiger partial charge in [-0.1, -0.05) is 52.4 Å². The lowest BCUT2D eigenvalue weighted by atomic mass is 10.1. The molecule has 0 spiro atoms. The second-order valence-electron chi connectivity index (χ2n) is 6.68. The molecule has 0 aliphatic carbocycles. The highest BCUT2D eigenvalue weighted by molar-refractivity contribution is 8.01. The number of aromatic nitrogens is 4. The van der Waals surface area contributed by atoms with Gasteiger partial charge in [0.1, 0.15) is 5.02 Å². The smallest absolute Gasteiger partial charge is 0.287 e. The van der Waals surface area contributed by atoms with Crippen LogP contribution in [-0.2, 0) is 5.54 Å². The lowest BCUT2D eigenvalue weighted by Gasteiger charge is -2.20. The molecule has 0 unspecified atom stereocenters. The number of hydrogen-bond donors (Lipinski definition) is 1. The van der Waals surface area contributed by atoms with Crippen LogP contribution in [0.2, 0.25) is 5.02 Å². The van der Waals surface area contributed by atoms with Crippen molar-refractivity contribution >= 4 is 45.5 Å². The Morgan fingerprint density at radius 1 is 1.19 bits per heavy atom. The molecule has 0 aliphatic rings. The van der Waals surface area contributed by atoms with Crippen LogP contribution in [0.4, 0.5) is 10.8 Å². The van der Waals surface area contributed by atoms with Gasteiger partial charge in [0.15, 0.2) is 4.34 Å². The molecule has 6 nitrogen and oxygen atoms in total. The second kappa shape index (κ2) is 7.38. The van der Waals surface area contributed by atoms with E-state index < -0.39 is 5.54 Å². The molecule has 3 aromatic rings. The Bertz CT molecular complexity index is 976. The minimum Gasteiger partial charge on any atom is -0.330 e. The van der Waals surface area contributed by atoms with Crippen molar-refractivity contribution in [3.05, 3.63) is 51.4 Å². The van der Waals surface area contributed by atoms with Crippen LogP contribution in [0.25, 0.3) is 0 Å². The Morgan fingerprint density at radius 2 is 1.88 bits per heavy atom. The standard InChI is InChI=1S/C17H18ClN5OS2/c1-10-5-7-11(8-6-10)20-15-21-22-16(26-15)25-12-9-19-23(17(2,3)4)14(24)13(12)18/h5-9H,1-4H3,(H,20,21). The third-order valence-corrected chi connectivity index (χ3v) is 5.83. The van der Waals surface area contributed by atoms with Gasteiger partial charge in [-0.3, -0.25) is 4.79 Å². The van der Waals surface area contributed by atoms with Crippen molar-refractivity contribution in [2.75, 3.05) is 5.32 Å². The van der Waals surface area contributed by atoms with E-state index in [4.69, 9.17) is 11.6 Å². The first kappa shape index (κ1) is 18.9. The Morgan fingerprint density at radius 3 is 2.54 bits per heavy atom. The summed E-state index contributed by atoms with van der Waals surface area (Å²) in [5, 5.41) is 16.5. The molecule has 0 radical (unpaired) electrons. The third-order valence-electron chi connectivity index (χ3n) is 3.43. The van der Waals surface area contributed by atoms with Gasteiger partial charge in [0.2, 0.25) is 5.13 Å². The fraction of sp³-hybridized carbons (Fsp3) is 0.294. The molecular formula is C17H18ClN5OS2. The predicted octanol–water partition coefficient (Wildman–Crippen LogP) is 4.71. The van der Waals surface area contributed by atoms with Crippen molar-refractivity contribution in [1.82, 2.24) is 20.0 Å². The number of benzene rings is 1. The Kier molecular flexibility index (Phi) is 5.36. The minimum atomic E-state index is -0.433. The molecule has 1 aromatic carbocycles. The normalized spacial score (nSPS) is 11.6. The third kappa shape index (κ3) is 4.25. The van der Waals surface area contributed by atoms with Crippen LogP contribution in [0.5, 0.6) is 0 Å². The first-order valence-corrected chi connectivity index (χ1v) is 9.88. The summed E-state index contributed by atoms with van der Waals surface area (Å²) in [4.78, 5) is 13.0. The van der Waals surface area contributed by atoms with E-state index in [1.807, 2.05) is 52.0 Å². The Balaban J connectivity index is 1.78. The van der Waals surface area contributed by atoms with Crippen molar-refractivity contribution in [2.24, 2.45) is 0 Å². The highest BCUT2D eigenvalue weighted by Gasteiger charge is 2.20. The second-order valence-corrected chi connectivity index (χ2v) is 9.32. The summed E-state index contributed by atoms with van der Waals surface area (Å²) in [6.45, 7) is 7.74. The molecular weight excluding hydrogens is 390 g/mol. The lowest BCUT2D eigenvalue weighted by Crippen LogP contribution is -2.36. The van der Waals surface area contributed by atoms with Gasteiger partial charge in [-0.05, 0) is 39.8 Å². The molecule has 9 heteroatoms. The van der Waals surface area contributed by atoms with Crippen LogP contribution < -0.4 is 10.9 Å². The van der Waals surface area contributed by atoms with E-state index in [0.29, 0.717) is 14.4 Å². The molecule has 0 atom stereocenters. The molecule has 2 heterocycles. The highest BCUT2D eigenvalue weighted by atomic mass is 35.5. The molecule has 0 amide bonds.